The van der Waals surface area contributed by atoms with Gasteiger partial charge in [0.2, 0.25) is 0 Å². The summed E-state index contributed by atoms with van der Waals surface area (Å²) in [6, 6.07) is 10.3. The van der Waals surface area contributed by atoms with E-state index >= 15 is 0 Å². The standard InChI is InChI=1S/C16H15Br2Cl/c1-9-6-10(2)15(11(3)7-9)16(18)13-8-12(19)4-5-14(13)17/h4-8,16H,1-3H3. The van der Waals surface area contributed by atoms with Crippen molar-refractivity contribution in [3.8, 4) is 0 Å². The Labute approximate surface area is 136 Å². The molecule has 0 N–H and O–H groups in total. The number of halogens is 3. The van der Waals surface area contributed by atoms with Crippen molar-refractivity contribution >= 4 is 43.5 Å². The third-order valence-corrected chi connectivity index (χ3v) is 5.13. The molecule has 0 fully saturated rings. The SMILES string of the molecule is Cc1cc(C)c(C(Br)c2cc(Cl)ccc2Br)c(C)c1. The Morgan fingerprint density at radius 2 is 1.58 bits per heavy atom. The van der Waals surface area contributed by atoms with Gasteiger partial charge in [0.25, 0.3) is 0 Å². The van der Waals surface area contributed by atoms with Crippen LogP contribution in [0, 0.1) is 20.8 Å². The molecule has 1 atom stereocenters. The molecule has 100 valence electrons. The van der Waals surface area contributed by atoms with E-state index in [4.69, 9.17) is 11.6 Å². The highest BCUT2D eigenvalue weighted by atomic mass is 79.9. The zero-order chi connectivity index (χ0) is 14.2. The molecule has 0 aliphatic heterocycles. The quantitative estimate of drug-likeness (QED) is 0.502. The number of benzene rings is 2. The van der Waals surface area contributed by atoms with E-state index in [2.05, 4.69) is 64.8 Å². The number of hydrogen-bond donors (Lipinski definition) is 0. The van der Waals surface area contributed by atoms with Crippen LogP contribution < -0.4 is 0 Å². The van der Waals surface area contributed by atoms with Crippen LogP contribution in [0.2, 0.25) is 5.02 Å². The smallest absolute Gasteiger partial charge is 0.0661 e. The van der Waals surface area contributed by atoms with Crippen LogP contribution in [0.15, 0.2) is 34.8 Å². The summed E-state index contributed by atoms with van der Waals surface area (Å²) in [5, 5.41) is 0.755. The molecule has 0 aliphatic rings. The first-order chi connectivity index (χ1) is 8.90. The van der Waals surface area contributed by atoms with Crippen molar-refractivity contribution in [2.75, 3.05) is 0 Å². The molecule has 2 aromatic rings. The predicted molar refractivity (Wildman–Crippen MR) is 90.6 cm³/mol. The number of aryl methyl sites for hydroxylation is 3. The van der Waals surface area contributed by atoms with Crippen LogP contribution in [0.3, 0.4) is 0 Å². The summed E-state index contributed by atoms with van der Waals surface area (Å²) in [4.78, 5) is 0.140. The van der Waals surface area contributed by atoms with E-state index in [-0.39, 0.29) is 4.83 Å². The minimum atomic E-state index is 0.140. The molecule has 0 heterocycles. The number of alkyl halides is 1. The second-order valence-corrected chi connectivity index (χ2v) is 7.05. The highest BCUT2D eigenvalue weighted by molar-refractivity contribution is 9.11. The van der Waals surface area contributed by atoms with Crippen molar-refractivity contribution in [2.45, 2.75) is 25.6 Å². The monoisotopic (exact) mass is 400 g/mol. The van der Waals surface area contributed by atoms with E-state index in [9.17, 15) is 0 Å². The Morgan fingerprint density at radius 1 is 1.00 bits per heavy atom. The lowest BCUT2D eigenvalue weighted by Crippen LogP contribution is -2.01. The van der Waals surface area contributed by atoms with Gasteiger partial charge in [-0.05, 0) is 61.2 Å². The second-order valence-electron chi connectivity index (χ2n) is 4.84. The van der Waals surface area contributed by atoms with Gasteiger partial charge in [-0.25, -0.2) is 0 Å². The summed E-state index contributed by atoms with van der Waals surface area (Å²) < 4.78 is 1.07. The van der Waals surface area contributed by atoms with Crippen LogP contribution in [0.25, 0.3) is 0 Å². The molecule has 0 bridgehead atoms. The molecule has 2 aromatic carbocycles. The predicted octanol–water partition coefficient (Wildman–Crippen LogP) is 6.51. The lowest BCUT2D eigenvalue weighted by molar-refractivity contribution is 1.09. The third-order valence-electron chi connectivity index (χ3n) is 3.22. The fraction of sp³-hybridized carbons (Fsp3) is 0.250. The Morgan fingerprint density at radius 3 is 2.16 bits per heavy atom. The molecule has 0 aromatic heterocycles. The second kappa shape index (κ2) is 5.99. The highest BCUT2D eigenvalue weighted by Gasteiger charge is 2.18. The fourth-order valence-electron chi connectivity index (χ4n) is 2.46. The van der Waals surface area contributed by atoms with Crippen molar-refractivity contribution in [1.82, 2.24) is 0 Å². The van der Waals surface area contributed by atoms with Gasteiger partial charge in [0, 0.05) is 9.50 Å². The van der Waals surface area contributed by atoms with Crippen molar-refractivity contribution in [3.63, 3.8) is 0 Å². The van der Waals surface area contributed by atoms with Crippen LogP contribution in [0.1, 0.15) is 32.6 Å². The fourth-order valence-corrected chi connectivity index (χ4v) is 4.52. The molecule has 0 aliphatic carbocycles. The summed E-state index contributed by atoms with van der Waals surface area (Å²) in [7, 11) is 0. The molecular formula is C16H15Br2Cl. The maximum Gasteiger partial charge on any atom is 0.0661 e. The van der Waals surface area contributed by atoms with E-state index in [0.29, 0.717) is 0 Å². The lowest BCUT2D eigenvalue weighted by atomic mass is 9.94. The highest BCUT2D eigenvalue weighted by Crippen LogP contribution is 2.39. The summed E-state index contributed by atoms with van der Waals surface area (Å²) in [5.74, 6) is 0. The van der Waals surface area contributed by atoms with Crippen molar-refractivity contribution in [3.05, 3.63) is 67.6 Å². The number of hydrogen-bond acceptors (Lipinski definition) is 0. The Hall–Kier alpha value is -0.310. The van der Waals surface area contributed by atoms with E-state index in [1.807, 2.05) is 18.2 Å². The first-order valence-corrected chi connectivity index (χ1v) is 8.15. The van der Waals surface area contributed by atoms with Gasteiger partial charge in [-0.1, -0.05) is 61.2 Å². The first kappa shape index (κ1) is 15.1. The lowest BCUT2D eigenvalue weighted by Gasteiger charge is -2.19. The Bertz CT molecular complexity index is 597. The summed E-state index contributed by atoms with van der Waals surface area (Å²) in [5.41, 5.74) is 6.36. The molecule has 0 amide bonds. The summed E-state index contributed by atoms with van der Waals surface area (Å²) in [6.07, 6.45) is 0. The van der Waals surface area contributed by atoms with Crippen LogP contribution in [-0.4, -0.2) is 0 Å². The van der Waals surface area contributed by atoms with Gasteiger partial charge in [0.15, 0.2) is 0 Å². The van der Waals surface area contributed by atoms with E-state index in [0.717, 1.165) is 15.1 Å². The zero-order valence-electron chi connectivity index (χ0n) is 11.1. The molecule has 3 heteroatoms. The minimum Gasteiger partial charge on any atom is -0.0843 e. The van der Waals surface area contributed by atoms with Crippen molar-refractivity contribution in [1.29, 1.82) is 0 Å². The molecule has 0 nitrogen and oxygen atoms in total. The van der Waals surface area contributed by atoms with Gasteiger partial charge in [0.05, 0.1) is 4.83 Å². The molecular weight excluding hydrogens is 387 g/mol. The van der Waals surface area contributed by atoms with Gasteiger partial charge in [0.1, 0.15) is 0 Å². The average Bonchev–Trinajstić information content (AvgIpc) is 2.30. The van der Waals surface area contributed by atoms with Gasteiger partial charge < -0.3 is 0 Å². The van der Waals surface area contributed by atoms with Crippen LogP contribution in [0.4, 0.5) is 0 Å². The van der Waals surface area contributed by atoms with Gasteiger partial charge in [-0.3, -0.25) is 0 Å². The first-order valence-electron chi connectivity index (χ1n) is 6.07. The van der Waals surface area contributed by atoms with E-state index < -0.39 is 0 Å². The molecule has 0 radical (unpaired) electrons. The van der Waals surface area contributed by atoms with Crippen LogP contribution in [0.5, 0.6) is 0 Å². The van der Waals surface area contributed by atoms with Gasteiger partial charge in [-0.2, -0.15) is 0 Å². The van der Waals surface area contributed by atoms with E-state index in [1.165, 1.54) is 22.3 Å². The zero-order valence-corrected chi connectivity index (χ0v) is 15.0. The molecule has 19 heavy (non-hydrogen) atoms. The topological polar surface area (TPSA) is 0 Å². The maximum atomic E-state index is 6.11. The molecule has 1 unspecified atom stereocenters. The summed E-state index contributed by atoms with van der Waals surface area (Å²) >= 11 is 13.5. The normalized spacial score (nSPS) is 12.5. The van der Waals surface area contributed by atoms with E-state index in [1.54, 1.807) is 0 Å². The Balaban J connectivity index is 2.56. The van der Waals surface area contributed by atoms with Crippen molar-refractivity contribution < 1.29 is 0 Å². The summed E-state index contributed by atoms with van der Waals surface area (Å²) in [6.45, 7) is 6.44. The minimum absolute atomic E-state index is 0.140. The largest absolute Gasteiger partial charge is 0.0843 e. The van der Waals surface area contributed by atoms with Crippen LogP contribution in [-0.2, 0) is 0 Å². The third kappa shape index (κ3) is 3.24. The van der Waals surface area contributed by atoms with Gasteiger partial charge >= 0.3 is 0 Å². The molecule has 0 spiro atoms. The van der Waals surface area contributed by atoms with Crippen LogP contribution >= 0.6 is 43.5 Å². The Kier molecular flexibility index (Phi) is 4.75. The molecule has 2 rings (SSSR count). The van der Waals surface area contributed by atoms with Crippen molar-refractivity contribution in [2.24, 2.45) is 0 Å². The average molecular weight is 403 g/mol. The van der Waals surface area contributed by atoms with Gasteiger partial charge in [-0.15, -0.1) is 0 Å². The maximum absolute atomic E-state index is 6.11. The number of rotatable bonds is 2. The molecule has 0 saturated heterocycles. The molecule has 0 saturated carbocycles.